The lowest BCUT2D eigenvalue weighted by Gasteiger charge is -2.25. The van der Waals surface area contributed by atoms with Crippen LogP contribution in [-0.4, -0.2) is 45.3 Å². The number of nitrogens with zero attached hydrogens (tertiary/aromatic N) is 3. The van der Waals surface area contributed by atoms with Gasteiger partial charge in [-0.1, -0.05) is 44.9 Å². The summed E-state index contributed by atoms with van der Waals surface area (Å²) < 4.78 is 0. The molecule has 3 rings (SSSR count). The van der Waals surface area contributed by atoms with Crippen molar-refractivity contribution in [1.82, 2.24) is 14.9 Å². The van der Waals surface area contributed by atoms with Crippen LogP contribution >= 0.6 is 0 Å². The number of pyridine rings is 2. The normalized spacial score (nSPS) is 18.2. The number of primary amides is 1. The highest BCUT2D eigenvalue weighted by Gasteiger charge is 2.40. The van der Waals surface area contributed by atoms with Crippen molar-refractivity contribution in [2.75, 3.05) is 11.9 Å². The maximum Gasteiger partial charge on any atom is 0.240 e. The molecule has 2 aromatic heterocycles. The lowest BCUT2D eigenvalue weighted by molar-refractivity contribution is -0.140. The smallest absolute Gasteiger partial charge is 0.240 e. The summed E-state index contributed by atoms with van der Waals surface area (Å²) in [5, 5.41) is 3.60. The van der Waals surface area contributed by atoms with E-state index in [2.05, 4.69) is 29.9 Å². The standard InChI is InChI=1S/C30H41N5O2/c1-5-7-9-10-11-14-21(3)30(37)35-20-23(18-28(35)29(31)36)33-26-19-27(25-16-12-13-17-32-25)34-24(22(26)4)15-8-6-2/h5,8,12-13,15-17,19,21,23,28H,1,6-7,9-11,14,18,20H2,2-4H3,(H2,31,36)(H,33,34)/b15-8-/t21-,23+,28-/m0/s1. The minimum Gasteiger partial charge on any atom is -0.380 e. The van der Waals surface area contributed by atoms with Gasteiger partial charge < -0.3 is 16.0 Å². The largest absolute Gasteiger partial charge is 0.380 e. The molecule has 0 spiro atoms. The molecule has 7 nitrogen and oxygen atoms in total. The van der Waals surface area contributed by atoms with Crippen molar-refractivity contribution in [3.8, 4) is 11.4 Å². The first-order valence-electron chi connectivity index (χ1n) is 13.4. The summed E-state index contributed by atoms with van der Waals surface area (Å²) in [6.45, 7) is 10.3. The lowest BCUT2D eigenvalue weighted by Crippen LogP contribution is -2.45. The Labute approximate surface area is 221 Å². The van der Waals surface area contributed by atoms with Gasteiger partial charge in [-0.15, -0.1) is 6.58 Å². The molecule has 2 amide bonds. The first kappa shape index (κ1) is 28.1. The number of aromatic nitrogens is 2. The second kappa shape index (κ2) is 13.7. The highest BCUT2D eigenvalue weighted by atomic mass is 16.2. The summed E-state index contributed by atoms with van der Waals surface area (Å²) in [5.41, 5.74) is 10.1. The molecule has 198 valence electrons. The zero-order valence-electron chi connectivity index (χ0n) is 22.5. The van der Waals surface area contributed by atoms with Crippen molar-refractivity contribution in [3.63, 3.8) is 0 Å². The number of amides is 2. The molecule has 7 heteroatoms. The second-order valence-electron chi connectivity index (χ2n) is 9.90. The van der Waals surface area contributed by atoms with Gasteiger partial charge in [0.1, 0.15) is 6.04 Å². The zero-order chi connectivity index (χ0) is 26.8. The van der Waals surface area contributed by atoms with Crippen LogP contribution in [0.1, 0.15) is 70.1 Å². The molecule has 2 aromatic rings. The van der Waals surface area contributed by atoms with Gasteiger partial charge >= 0.3 is 0 Å². The first-order valence-corrected chi connectivity index (χ1v) is 13.4. The van der Waals surface area contributed by atoms with E-state index in [9.17, 15) is 9.59 Å². The van der Waals surface area contributed by atoms with E-state index in [0.29, 0.717) is 13.0 Å². The monoisotopic (exact) mass is 503 g/mol. The van der Waals surface area contributed by atoms with Gasteiger partial charge in [0.2, 0.25) is 11.8 Å². The Morgan fingerprint density at radius 1 is 1.27 bits per heavy atom. The molecule has 1 aliphatic rings. The summed E-state index contributed by atoms with van der Waals surface area (Å²) >= 11 is 0. The van der Waals surface area contributed by atoms with Crippen LogP contribution in [0.4, 0.5) is 5.69 Å². The summed E-state index contributed by atoms with van der Waals surface area (Å²) in [5.74, 6) is -0.597. The molecule has 1 saturated heterocycles. The third kappa shape index (κ3) is 7.51. The molecule has 0 aromatic carbocycles. The zero-order valence-corrected chi connectivity index (χ0v) is 22.5. The van der Waals surface area contributed by atoms with Gasteiger partial charge in [0, 0.05) is 30.4 Å². The third-order valence-electron chi connectivity index (χ3n) is 6.99. The fraction of sp³-hybridized carbons (Fsp3) is 0.467. The molecule has 0 radical (unpaired) electrons. The quantitative estimate of drug-likeness (QED) is 0.277. The minimum absolute atomic E-state index is 0.00372. The van der Waals surface area contributed by atoms with Gasteiger partial charge in [0.25, 0.3) is 0 Å². The Balaban J connectivity index is 1.78. The lowest BCUT2D eigenvalue weighted by atomic mass is 10.0. The average molecular weight is 504 g/mol. The van der Waals surface area contributed by atoms with E-state index in [1.54, 1.807) is 11.1 Å². The Bertz CT molecular complexity index is 1100. The second-order valence-corrected chi connectivity index (χ2v) is 9.90. The highest BCUT2D eigenvalue weighted by molar-refractivity contribution is 5.88. The van der Waals surface area contributed by atoms with E-state index in [0.717, 1.165) is 66.9 Å². The molecule has 0 unspecified atom stereocenters. The topological polar surface area (TPSA) is 101 Å². The summed E-state index contributed by atoms with van der Waals surface area (Å²) in [6, 6.07) is 7.05. The molecule has 1 aliphatic heterocycles. The van der Waals surface area contributed by atoms with Crippen molar-refractivity contribution < 1.29 is 9.59 Å². The van der Waals surface area contributed by atoms with E-state index in [-0.39, 0.29) is 17.9 Å². The Hall–Kier alpha value is -3.48. The number of rotatable bonds is 13. The third-order valence-corrected chi connectivity index (χ3v) is 6.99. The molecule has 37 heavy (non-hydrogen) atoms. The van der Waals surface area contributed by atoms with Crippen LogP contribution in [-0.2, 0) is 9.59 Å². The summed E-state index contributed by atoms with van der Waals surface area (Å²) in [6.07, 6.45) is 14.1. The van der Waals surface area contributed by atoms with E-state index in [1.807, 2.05) is 50.3 Å². The highest BCUT2D eigenvalue weighted by Crippen LogP contribution is 2.30. The van der Waals surface area contributed by atoms with Crippen molar-refractivity contribution in [2.24, 2.45) is 11.7 Å². The van der Waals surface area contributed by atoms with Gasteiger partial charge in [-0.05, 0) is 68.9 Å². The van der Waals surface area contributed by atoms with Crippen LogP contribution in [0.25, 0.3) is 17.5 Å². The molecule has 1 fully saturated rings. The fourth-order valence-electron chi connectivity index (χ4n) is 4.81. The molecule has 0 saturated carbocycles. The molecule has 3 N–H and O–H groups in total. The SMILES string of the molecule is C=CCCCCC[C@H](C)C(=O)N1C[C@H](Nc2cc(-c3ccccn3)nc(/C=C\CC)c2C)C[C@H]1C(N)=O. The van der Waals surface area contributed by atoms with Gasteiger partial charge in [0.15, 0.2) is 0 Å². The Morgan fingerprint density at radius 3 is 2.76 bits per heavy atom. The Kier molecular flexibility index (Phi) is 10.4. The fourth-order valence-corrected chi connectivity index (χ4v) is 4.81. The maximum atomic E-state index is 13.3. The van der Waals surface area contributed by atoms with Crippen molar-refractivity contribution >= 4 is 23.6 Å². The number of carbonyl (C=O) groups is 2. The average Bonchev–Trinajstić information content (AvgIpc) is 3.33. The van der Waals surface area contributed by atoms with E-state index in [1.165, 1.54) is 0 Å². The van der Waals surface area contributed by atoms with E-state index < -0.39 is 11.9 Å². The van der Waals surface area contributed by atoms with Crippen molar-refractivity contribution in [2.45, 2.75) is 77.8 Å². The number of likely N-dealkylation sites (tertiary alicyclic amines) is 1. The number of hydrogen-bond donors (Lipinski definition) is 2. The minimum atomic E-state index is -0.606. The molecular formula is C30H41N5O2. The van der Waals surface area contributed by atoms with E-state index >= 15 is 0 Å². The van der Waals surface area contributed by atoms with Crippen molar-refractivity contribution in [3.05, 3.63) is 60.5 Å². The number of carbonyl (C=O) groups excluding carboxylic acids is 2. The predicted octanol–water partition coefficient (Wildman–Crippen LogP) is 5.51. The van der Waals surface area contributed by atoms with Gasteiger partial charge in [-0.2, -0.15) is 0 Å². The van der Waals surface area contributed by atoms with Crippen LogP contribution in [0.2, 0.25) is 0 Å². The molecule has 0 bridgehead atoms. The van der Waals surface area contributed by atoms with Crippen LogP contribution in [0, 0.1) is 12.8 Å². The number of nitrogens with two attached hydrogens (primary N) is 1. The number of nitrogens with one attached hydrogen (secondary N) is 1. The predicted molar refractivity (Wildman–Crippen MR) is 151 cm³/mol. The van der Waals surface area contributed by atoms with Crippen LogP contribution < -0.4 is 11.1 Å². The number of anilines is 1. The molecule has 3 atom stereocenters. The number of unbranched alkanes of at least 4 members (excludes halogenated alkanes) is 3. The number of hydrogen-bond acceptors (Lipinski definition) is 5. The molecule has 3 heterocycles. The van der Waals surface area contributed by atoms with Gasteiger partial charge in [-0.25, -0.2) is 4.98 Å². The van der Waals surface area contributed by atoms with Crippen LogP contribution in [0.5, 0.6) is 0 Å². The first-order chi connectivity index (χ1) is 17.8. The van der Waals surface area contributed by atoms with Crippen LogP contribution in [0.3, 0.4) is 0 Å². The number of allylic oxidation sites excluding steroid dienone is 2. The van der Waals surface area contributed by atoms with Gasteiger partial charge in [-0.3, -0.25) is 14.6 Å². The van der Waals surface area contributed by atoms with Crippen LogP contribution in [0.15, 0.2) is 49.2 Å². The molecule has 0 aliphatic carbocycles. The van der Waals surface area contributed by atoms with Gasteiger partial charge in [0.05, 0.1) is 17.1 Å². The van der Waals surface area contributed by atoms with Crippen molar-refractivity contribution in [1.29, 1.82) is 0 Å². The maximum absolute atomic E-state index is 13.3. The molecular weight excluding hydrogens is 462 g/mol. The van der Waals surface area contributed by atoms with E-state index in [4.69, 9.17) is 10.7 Å². The summed E-state index contributed by atoms with van der Waals surface area (Å²) in [4.78, 5) is 36.6. The Morgan fingerprint density at radius 2 is 2.08 bits per heavy atom. The summed E-state index contributed by atoms with van der Waals surface area (Å²) in [7, 11) is 0.